The Labute approximate surface area is 120 Å². The van der Waals surface area contributed by atoms with Gasteiger partial charge in [-0.2, -0.15) is 26.3 Å². The van der Waals surface area contributed by atoms with Crippen LogP contribution in [0.3, 0.4) is 0 Å². The number of carbonyl (C=O) groups is 3. The molecule has 0 atom stereocenters. The lowest BCUT2D eigenvalue weighted by Gasteiger charge is -2.05. The predicted octanol–water partition coefficient (Wildman–Crippen LogP) is 2.46. The van der Waals surface area contributed by atoms with Crippen molar-refractivity contribution in [3.8, 4) is 0 Å². The van der Waals surface area contributed by atoms with Gasteiger partial charge in [-0.25, -0.2) is 0 Å². The number of hydrogen-bond donors (Lipinski definition) is 0. The first-order valence-corrected chi connectivity index (χ1v) is 5.47. The van der Waals surface area contributed by atoms with Gasteiger partial charge in [-0.1, -0.05) is 6.07 Å². The van der Waals surface area contributed by atoms with Gasteiger partial charge in [0.25, 0.3) is 0 Å². The van der Waals surface area contributed by atoms with E-state index in [1.54, 1.807) is 13.1 Å². The summed E-state index contributed by atoms with van der Waals surface area (Å²) in [5.74, 6) is -6.66. The second-order valence-corrected chi connectivity index (χ2v) is 3.85. The molecule has 0 spiro atoms. The smallest absolute Gasteiger partial charge is 0.300 e. The summed E-state index contributed by atoms with van der Waals surface area (Å²) < 4.78 is 67.0. The van der Waals surface area contributed by atoms with Crippen LogP contribution in [0.1, 0.15) is 12.6 Å². The molecule has 0 aliphatic heterocycles. The second kappa shape index (κ2) is 7.66. The highest BCUT2D eigenvalue weighted by molar-refractivity contribution is 6.41. The van der Waals surface area contributed by atoms with Crippen LogP contribution in [0.2, 0.25) is 0 Å². The number of aromatic nitrogens is 1. The van der Waals surface area contributed by atoms with Gasteiger partial charge in [0, 0.05) is 18.3 Å². The van der Waals surface area contributed by atoms with Crippen LogP contribution in [0.15, 0.2) is 24.4 Å². The molecule has 0 radical (unpaired) electrons. The quantitative estimate of drug-likeness (QED) is 0.631. The monoisotopic (exact) mass is 329 g/mol. The van der Waals surface area contributed by atoms with Gasteiger partial charge in [-0.05, 0) is 19.1 Å². The number of halogens is 6. The maximum atomic E-state index is 11.2. The highest BCUT2D eigenvalue weighted by Gasteiger charge is 2.54. The van der Waals surface area contributed by atoms with Crippen LogP contribution in [0, 0.1) is 0 Å². The summed E-state index contributed by atoms with van der Waals surface area (Å²) in [4.78, 5) is 33.8. The molecule has 1 aromatic heterocycles. The average Bonchev–Trinajstić information content (AvgIpc) is 2.36. The van der Waals surface area contributed by atoms with Crippen molar-refractivity contribution in [3.63, 3.8) is 0 Å². The molecule has 1 aromatic rings. The molecule has 1 rings (SSSR count). The van der Waals surface area contributed by atoms with Crippen LogP contribution in [0.5, 0.6) is 0 Å². The molecule has 0 unspecified atom stereocenters. The SMILES string of the molecule is CC(=O)Cc1ccccn1.O=C(C(=O)C(F)(F)F)C(F)(F)F. The van der Waals surface area contributed by atoms with Gasteiger partial charge in [-0.3, -0.25) is 19.4 Å². The predicted molar refractivity (Wildman–Crippen MR) is 60.7 cm³/mol. The molecule has 122 valence electrons. The van der Waals surface area contributed by atoms with Gasteiger partial charge >= 0.3 is 23.9 Å². The largest absolute Gasteiger partial charge is 0.458 e. The normalized spacial score (nSPS) is 11.2. The number of ketones is 3. The minimum absolute atomic E-state index is 0.152. The average molecular weight is 329 g/mol. The zero-order chi connectivity index (χ0) is 17.6. The first-order chi connectivity index (χ1) is 9.85. The van der Waals surface area contributed by atoms with Crippen molar-refractivity contribution in [2.45, 2.75) is 25.7 Å². The summed E-state index contributed by atoms with van der Waals surface area (Å²) in [6, 6.07) is 5.57. The van der Waals surface area contributed by atoms with Crippen molar-refractivity contribution in [1.29, 1.82) is 0 Å². The maximum Gasteiger partial charge on any atom is 0.458 e. The molecule has 0 amide bonds. The van der Waals surface area contributed by atoms with Crippen LogP contribution < -0.4 is 0 Å². The number of nitrogens with zero attached hydrogens (tertiary/aromatic N) is 1. The number of Topliss-reactive ketones (excluding diaryl/α,β-unsaturated/α-hetero) is 3. The van der Waals surface area contributed by atoms with Crippen molar-refractivity contribution in [3.05, 3.63) is 30.1 Å². The van der Waals surface area contributed by atoms with E-state index in [9.17, 15) is 40.7 Å². The maximum absolute atomic E-state index is 11.2. The third-order valence-electron chi connectivity index (χ3n) is 1.88. The fourth-order valence-corrected chi connectivity index (χ4v) is 1.02. The zero-order valence-corrected chi connectivity index (χ0v) is 11.0. The molecule has 0 N–H and O–H groups in total. The Morgan fingerprint density at radius 2 is 1.41 bits per heavy atom. The first kappa shape index (κ1) is 19.7. The van der Waals surface area contributed by atoms with E-state index >= 15 is 0 Å². The van der Waals surface area contributed by atoms with E-state index in [1.165, 1.54) is 0 Å². The third-order valence-corrected chi connectivity index (χ3v) is 1.88. The van der Waals surface area contributed by atoms with E-state index in [2.05, 4.69) is 4.98 Å². The van der Waals surface area contributed by atoms with Gasteiger partial charge in [-0.15, -0.1) is 0 Å². The molecule has 0 saturated carbocycles. The minimum atomic E-state index is -5.77. The molecule has 0 bridgehead atoms. The molecule has 22 heavy (non-hydrogen) atoms. The Balaban J connectivity index is 0.000000406. The molecule has 0 aliphatic rings. The van der Waals surface area contributed by atoms with E-state index in [0.29, 0.717) is 6.42 Å². The highest BCUT2D eigenvalue weighted by atomic mass is 19.4. The van der Waals surface area contributed by atoms with Crippen LogP contribution in [-0.4, -0.2) is 34.7 Å². The molecular weight excluding hydrogens is 320 g/mol. The van der Waals surface area contributed by atoms with Gasteiger partial charge in [0.15, 0.2) is 0 Å². The van der Waals surface area contributed by atoms with Crippen LogP contribution in [-0.2, 0) is 20.8 Å². The van der Waals surface area contributed by atoms with Gasteiger partial charge in [0.05, 0.1) is 0 Å². The molecule has 0 aromatic carbocycles. The Morgan fingerprint density at radius 3 is 1.68 bits per heavy atom. The molecule has 4 nitrogen and oxygen atoms in total. The van der Waals surface area contributed by atoms with Crippen LogP contribution in [0.4, 0.5) is 26.3 Å². The lowest BCUT2D eigenvalue weighted by Crippen LogP contribution is -2.39. The summed E-state index contributed by atoms with van der Waals surface area (Å²) in [5, 5.41) is 0. The molecule has 1 heterocycles. The Bertz CT molecular complexity index is 512. The minimum Gasteiger partial charge on any atom is -0.300 e. The number of hydrogen-bond acceptors (Lipinski definition) is 4. The summed E-state index contributed by atoms with van der Waals surface area (Å²) in [6.45, 7) is 1.56. The van der Waals surface area contributed by atoms with Crippen molar-refractivity contribution < 1.29 is 40.7 Å². The van der Waals surface area contributed by atoms with E-state index < -0.39 is 23.9 Å². The summed E-state index contributed by atoms with van der Waals surface area (Å²) in [6.07, 6.45) is -9.40. The van der Waals surface area contributed by atoms with Crippen LogP contribution >= 0.6 is 0 Å². The molecule has 10 heteroatoms. The fourth-order valence-electron chi connectivity index (χ4n) is 1.02. The van der Waals surface area contributed by atoms with Crippen molar-refractivity contribution in [2.75, 3.05) is 0 Å². The zero-order valence-electron chi connectivity index (χ0n) is 11.0. The third kappa shape index (κ3) is 7.50. The molecule has 0 saturated heterocycles. The van der Waals surface area contributed by atoms with Crippen molar-refractivity contribution >= 4 is 17.3 Å². The summed E-state index contributed by atoms with van der Waals surface area (Å²) in [5.41, 5.74) is 0.843. The number of pyridine rings is 1. The lowest BCUT2D eigenvalue weighted by molar-refractivity contribution is -0.193. The Morgan fingerprint density at radius 1 is 0.955 bits per heavy atom. The van der Waals surface area contributed by atoms with Crippen LogP contribution in [0.25, 0.3) is 0 Å². The highest BCUT2D eigenvalue weighted by Crippen LogP contribution is 2.23. The Hall–Kier alpha value is -2.26. The van der Waals surface area contributed by atoms with Crippen molar-refractivity contribution in [1.82, 2.24) is 4.98 Å². The number of rotatable bonds is 3. The standard InChI is InChI=1S/C8H9NO.C4F6O2/c1-7(10)6-8-4-2-3-5-9-8;5-3(6,7)1(11)2(12)4(8,9)10/h2-5H,6H2,1H3;. The number of carbonyl (C=O) groups excluding carboxylic acids is 3. The molecule has 0 fully saturated rings. The molecular formula is C12H9F6NO3. The summed E-state index contributed by atoms with van der Waals surface area (Å²) >= 11 is 0. The van der Waals surface area contributed by atoms with Gasteiger partial charge in [0.1, 0.15) is 5.78 Å². The topological polar surface area (TPSA) is 64.1 Å². The lowest BCUT2D eigenvalue weighted by atomic mass is 10.2. The van der Waals surface area contributed by atoms with E-state index in [0.717, 1.165) is 5.69 Å². The number of alkyl halides is 6. The van der Waals surface area contributed by atoms with Crippen molar-refractivity contribution in [2.24, 2.45) is 0 Å². The van der Waals surface area contributed by atoms with E-state index in [4.69, 9.17) is 0 Å². The van der Waals surface area contributed by atoms with E-state index in [1.807, 2.05) is 18.2 Å². The van der Waals surface area contributed by atoms with Gasteiger partial charge < -0.3 is 0 Å². The summed E-state index contributed by atoms with van der Waals surface area (Å²) in [7, 11) is 0. The first-order valence-electron chi connectivity index (χ1n) is 5.47. The molecule has 0 aliphatic carbocycles. The second-order valence-electron chi connectivity index (χ2n) is 3.85. The van der Waals surface area contributed by atoms with Gasteiger partial charge in [0.2, 0.25) is 0 Å². The Kier molecular flexibility index (Phi) is 6.88. The fraction of sp³-hybridized carbons (Fsp3) is 0.333. The van der Waals surface area contributed by atoms with E-state index in [-0.39, 0.29) is 5.78 Å².